The second-order valence-corrected chi connectivity index (χ2v) is 6.10. The molecule has 0 fully saturated rings. The van der Waals surface area contributed by atoms with Crippen LogP contribution in [0.15, 0.2) is 28.7 Å². The highest BCUT2D eigenvalue weighted by Gasteiger charge is 2.19. The van der Waals surface area contributed by atoms with Crippen molar-refractivity contribution in [3.63, 3.8) is 0 Å². The van der Waals surface area contributed by atoms with E-state index < -0.39 is 0 Å². The molecule has 0 heterocycles. The van der Waals surface area contributed by atoms with Crippen molar-refractivity contribution in [3.05, 3.63) is 34.3 Å². The van der Waals surface area contributed by atoms with Gasteiger partial charge in [0.25, 0.3) is 0 Å². The Morgan fingerprint density at radius 3 is 2.72 bits per heavy atom. The molecule has 0 saturated heterocycles. The quantitative estimate of drug-likeness (QED) is 0.813. The molecule has 2 atom stereocenters. The van der Waals surface area contributed by atoms with Crippen LogP contribution in [0.2, 0.25) is 0 Å². The number of rotatable bonds is 6. The standard InChI is InChI=1S/C13H18BrNO2S/c1-9(15)13(18-8-7-12(16)17-2)10-5-3-4-6-11(10)14/h3-6,9,13H,7-8,15H2,1-2H3. The van der Waals surface area contributed by atoms with Crippen LogP contribution in [0.3, 0.4) is 0 Å². The molecule has 1 aromatic rings. The molecule has 0 spiro atoms. The number of thioether (sulfide) groups is 1. The summed E-state index contributed by atoms with van der Waals surface area (Å²) in [6, 6.07) is 8.06. The van der Waals surface area contributed by atoms with E-state index in [2.05, 4.69) is 26.7 Å². The minimum Gasteiger partial charge on any atom is -0.469 e. The number of halogens is 1. The summed E-state index contributed by atoms with van der Waals surface area (Å²) in [4.78, 5) is 11.1. The molecule has 1 aromatic carbocycles. The molecule has 100 valence electrons. The molecule has 0 aliphatic rings. The van der Waals surface area contributed by atoms with Gasteiger partial charge in [0.2, 0.25) is 0 Å². The molecule has 0 aliphatic carbocycles. The SMILES string of the molecule is COC(=O)CCSC(c1ccccc1Br)C(C)N. The number of benzene rings is 1. The fraction of sp³-hybridized carbons (Fsp3) is 0.462. The molecule has 2 unspecified atom stereocenters. The summed E-state index contributed by atoms with van der Waals surface area (Å²) in [5, 5.41) is 0.172. The van der Waals surface area contributed by atoms with E-state index in [0.29, 0.717) is 12.2 Å². The van der Waals surface area contributed by atoms with Crippen LogP contribution >= 0.6 is 27.7 Å². The number of hydrogen-bond donors (Lipinski definition) is 1. The Morgan fingerprint density at radius 1 is 1.50 bits per heavy atom. The van der Waals surface area contributed by atoms with Crippen LogP contribution in [-0.2, 0) is 9.53 Å². The second kappa shape index (κ2) is 7.81. The van der Waals surface area contributed by atoms with Gasteiger partial charge in [-0.25, -0.2) is 0 Å². The van der Waals surface area contributed by atoms with Crippen LogP contribution in [-0.4, -0.2) is 24.9 Å². The lowest BCUT2D eigenvalue weighted by molar-refractivity contribution is -0.140. The van der Waals surface area contributed by atoms with Crippen molar-refractivity contribution in [2.24, 2.45) is 5.73 Å². The number of hydrogen-bond acceptors (Lipinski definition) is 4. The molecule has 2 N–H and O–H groups in total. The summed E-state index contributed by atoms with van der Waals surface area (Å²) >= 11 is 5.22. The fourth-order valence-corrected chi connectivity index (χ4v) is 3.51. The molecule has 5 heteroatoms. The van der Waals surface area contributed by atoms with E-state index >= 15 is 0 Å². The lowest BCUT2D eigenvalue weighted by Crippen LogP contribution is -2.23. The van der Waals surface area contributed by atoms with E-state index in [1.165, 1.54) is 12.7 Å². The number of carbonyl (C=O) groups excluding carboxylic acids is 1. The van der Waals surface area contributed by atoms with Crippen LogP contribution in [0.5, 0.6) is 0 Å². The van der Waals surface area contributed by atoms with E-state index in [4.69, 9.17) is 5.73 Å². The van der Waals surface area contributed by atoms with Crippen LogP contribution in [0.4, 0.5) is 0 Å². The highest BCUT2D eigenvalue weighted by Crippen LogP contribution is 2.35. The van der Waals surface area contributed by atoms with E-state index in [0.717, 1.165) is 4.47 Å². The highest BCUT2D eigenvalue weighted by molar-refractivity contribution is 9.10. The molecule has 0 radical (unpaired) electrons. The lowest BCUT2D eigenvalue weighted by Gasteiger charge is -2.21. The minimum absolute atomic E-state index is 0.0198. The van der Waals surface area contributed by atoms with E-state index in [1.54, 1.807) is 11.8 Å². The maximum absolute atomic E-state index is 11.1. The molecule has 3 nitrogen and oxygen atoms in total. The summed E-state index contributed by atoms with van der Waals surface area (Å²) in [6.45, 7) is 1.98. The molecule has 0 saturated carbocycles. The molecule has 18 heavy (non-hydrogen) atoms. The van der Waals surface area contributed by atoms with Crippen LogP contribution in [0, 0.1) is 0 Å². The summed E-state index contributed by atoms with van der Waals surface area (Å²) in [5.74, 6) is 0.526. The van der Waals surface area contributed by atoms with Crippen molar-refractivity contribution in [3.8, 4) is 0 Å². The Morgan fingerprint density at radius 2 is 2.17 bits per heavy atom. The minimum atomic E-state index is -0.182. The largest absolute Gasteiger partial charge is 0.469 e. The van der Waals surface area contributed by atoms with Gasteiger partial charge in [-0.1, -0.05) is 34.1 Å². The molecule has 0 aromatic heterocycles. The molecular weight excluding hydrogens is 314 g/mol. The first-order chi connectivity index (χ1) is 8.56. The first-order valence-electron chi connectivity index (χ1n) is 5.74. The third-order valence-corrected chi connectivity index (χ3v) is 4.72. The second-order valence-electron chi connectivity index (χ2n) is 4.00. The van der Waals surface area contributed by atoms with Crippen molar-refractivity contribution in [2.45, 2.75) is 24.6 Å². The fourth-order valence-electron chi connectivity index (χ4n) is 1.60. The lowest BCUT2D eigenvalue weighted by atomic mass is 10.1. The Kier molecular flexibility index (Phi) is 6.75. The Hall–Kier alpha value is -0.520. The number of carbonyl (C=O) groups is 1. The van der Waals surface area contributed by atoms with Gasteiger partial charge in [-0.2, -0.15) is 11.8 Å². The van der Waals surface area contributed by atoms with E-state index in [1.807, 2.05) is 25.1 Å². The zero-order valence-electron chi connectivity index (χ0n) is 10.6. The van der Waals surface area contributed by atoms with Gasteiger partial charge in [0, 0.05) is 21.5 Å². The van der Waals surface area contributed by atoms with Crippen LogP contribution in [0.1, 0.15) is 24.2 Å². The molecular formula is C13H18BrNO2S. The monoisotopic (exact) mass is 331 g/mol. The third-order valence-electron chi connectivity index (χ3n) is 2.52. The van der Waals surface area contributed by atoms with Gasteiger partial charge in [-0.15, -0.1) is 0 Å². The zero-order chi connectivity index (χ0) is 13.5. The smallest absolute Gasteiger partial charge is 0.306 e. The predicted molar refractivity (Wildman–Crippen MR) is 79.6 cm³/mol. The normalized spacial score (nSPS) is 14.0. The van der Waals surface area contributed by atoms with Gasteiger partial charge in [0.15, 0.2) is 0 Å². The predicted octanol–water partition coefficient (Wildman–Crippen LogP) is 3.13. The summed E-state index contributed by atoms with van der Waals surface area (Å²) in [6.07, 6.45) is 0.412. The van der Waals surface area contributed by atoms with Crippen molar-refractivity contribution < 1.29 is 9.53 Å². The summed E-state index contributed by atoms with van der Waals surface area (Å²) < 4.78 is 5.68. The van der Waals surface area contributed by atoms with Crippen molar-refractivity contribution in [1.82, 2.24) is 0 Å². The first-order valence-corrected chi connectivity index (χ1v) is 7.59. The van der Waals surface area contributed by atoms with Gasteiger partial charge >= 0.3 is 5.97 Å². The van der Waals surface area contributed by atoms with Gasteiger partial charge in [0.05, 0.1) is 13.5 Å². The van der Waals surface area contributed by atoms with E-state index in [-0.39, 0.29) is 17.3 Å². The summed E-state index contributed by atoms with van der Waals surface area (Å²) in [5.41, 5.74) is 7.20. The first kappa shape index (κ1) is 15.5. The molecule has 1 rings (SSSR count). The van der Waals surface area contributed by atoms with Gasteiger partial charge in [0.1, 0.15) is 0 Å². The molecule has 0 aliphatic heterocycles. The maximum atomic E-state index is 11.1. The Balaban J connectivity index is 2.67. The van der Waals surface area contributed by atoms with Gasteiger partial charge in [-0.05, 0) is 18.6 Å². The molecule has 0 amide bonds. The van der Waals surface area contributed by atoms with Crippen molar-refractivity contribution >= 4 is 33.7 Å². The number of methoxy groups -OCH3 is 1. The van der Waals surface area contributed by atoms with Crippen LogP contribution < -0.4 is 5.73 Å². The number of ether oxygens (including phenoxy) is 1. The number of esters is 1. The van der Waals surface area contributed by atoms with Gasteiger partial charge < -0.3 is 10.5 Å². The topological polar surface area (TPSA) is 52.3 Å². The Bertz CT molecular complexity index is 398. The van der Waals surface area contributed by atoms with Crippen molar-refractivity contribution in [1.29, 1.82) is 0 Å². The third kappa shape index (κ3) is 4.63. The van der Waals surface area contributed by atoms with E-state index in [9.17, 15) is 4.79 Å². The number of nitrogens with two attached hydrogens (primary N) is 1. The van der Waals surface area contributed by atoms with Crippen molar-refractivity contribution in [2.75, 3.05) is 12.9 Å². The molecule has 0 bridgehead atoms. The Labute approximate surface area is 121 Å². The maximum Gasteiger partial charge on any atom is 0.306 e. The van der Waals surface area contributed by atoms with Gasteiger partial charge in [-0.3, -0.25) is 4.79 Å². The highest BCUT2D eigenvalue weighted by atomic mass is 79.9. The summed E-state index contributed by atoms with van der Waals surface area (Å²) in [7, 11) is 1.41. The zero-order valence-corrected chi connectivity index (χ0v) is 13.0. The average Bonchev–Trinajstić information content (AvgIpc) is 2.35. The van der Waals surface area contributed by atoms with Crippen LogP contribution in [0.25, 0.3) is 0 Å². The average molecular weight is 332 g/mol.